The summed E-state index contributed by atoms with van der Waals surface area (Å²) < 4.78 is 0. The molecule has 0 aromatic rings. The number of aliphatic carboxylic acids is 1. The Morgan fingerprint density at radius 3 is 2.53 bits per heavy atom. The standard InChI is InChI=1S/C13H20O2/c14-13(15)12(11-8-4-5-9-11)10-6-2-1-3-7-10/h6,11-12H,1-5,7-9H2,(H,14,15). The maximum absolute atomic E-state index is 11.3. The second-order valence-electron chi connectivity index (χ2n) is 4.89. The summed E-state index contributed by atoms with van der Waals surface area (Å²) in [6.45, 7) is 0. The predicted molar refractivity (Wildman–Crippen MR) is 59.6 cm³/mol. The molecule has 2 nitrogen and oxygen atoms in total. The fourth-order valence-corrected chi connectivity index (χ4v) is 3.10. The zero-order chi connectivity index (χ0) is 10.7. The van der Waals surface area contributed by atoms with Gasteiger partial charge in [0.2, 0.25) is 0 Å². The van der Waals surface area contributed by atoms with Crippen LogP contribution in [0.15, 0.2) is 11.6 Å². The van der Waals surface area contributed by atoms with Crippen molar-refractivity contribution in [3.8, 4) is 0 Å². The van der Waals surface area contributed by atoms with Crippen LogP contribution in [0.5, 0.6) is 0 Å². The molecule has 0 aliphatic heterocycles. The quantitative estimate of drug-likeness (QED) is 0.722. The van der Waals surface area contributed by atoms with E-state index in [-0.39, 0.29) is 5.92 Å². The number of hydrogen-bond acceptors (Lipinski definition) is 1. The molecule has 0 radical (unpaired) electrons. The molecule has 1 unspecified atom stereocenters. The summed E-state index contributed by atoms with van der Waals surface area (Å²) >= 11 is 0. The summed E-state index contributed by atoms with van der Waals surface area (Å²) in [5.74, 6) is -0.324. The van der Waals surface area contributed by atoms with Crippen LogP contribution in [0.2, 0.25) is 0 Å². The zero-order valence-electron chi connectivity index (χ0n) is 9.24. The predicted octanol–water partition coefficient (Wildman–Crippen LogP) is 3.38. The molecule has 0 amide bonds. The molecule has 1 fully saturated rings. The Morgan fingerprint density at radius 2 is 2.00 bits per heavy atom. The second kappa shape index (κ2) is 4.82. The SMILES string of the molecule is O=C(O)C(C1=CCCCC1)C1CCCC1. The van der Waals surface area contributed by atoms with E-state index < -0.39 is 5.97 Å². The molecule has 2 heteroatoms. The Hall–Kier alpha value is -0.790. The monoisotopic (exact) mass is 208 g/mol. The van der Waals surface area contributed by atoms with Crippen LogP contribution in [0.25, 0.3) is 0 Å². The third-order valence-corrected chi connectivity index (χ3v) is 3.86. The first-order valence-corrected chi connectivity index (χ1v) is 6.21. The van der Waals surface area contributed by atoms with Gasteiger partial charge in [-0.25, -0.2) is 0 Å². The lowest BCUT2D eigenvalue weighted by atomic mass is 9.80. The number of carbonyl (C=O) groups is 1. The summed E-state index contributed by atoms with van der Waals surface area (Å²) in [6.07, 6.45) is 11.4. The fraction of sp³-hybridized carbons (Fsp3) is 0.769. The van der Waals surface area contributed by atoms with E-state index in [1.54, 1.807) is 0 Å². The van der Waals surface area contributed by atoms with Crippen LogP contribution in [0.4, 0.5) is 0 Å². The molecular weight excluding hydrogens is 188 g/mol. The summed E-state index contributed by atoms with van der Waals surface area (Å²) in [5.41, 5.74) is 1.22. The van der Waals surface area contributed by atoms with E-state index in [0.29, 0.717) is 5.92 Å². The van der Waals surface area contributed by atoms with Gasteiger partial charge in [0.15, 0.2) is 0 Å². The van der Waals surface area contributed by atoms with Gasteiger partial charge in [-0.2, -0.15) is 0 Å². The average Bonchev–Trinajstić information content (AvgIpc) is 2.72. The first-order chi connectivity index (χ1) is 7.29. The minimum Gasteiger partial charge on any atom is -0.481 e. The summed E-state index contributed by atoms with van der Waals surface area (Å²) in [5, 5.41) is 9.35. The van der Waals surface area contributed by atoms with Gasteiger partial charge >= 0.3 is 5.97 Å². The van der Waals surface area contributed by atoms with Gasteiger partial charge in [0.25, 0.3) is 0 Å². The van der Waals surface area contributed by atoms with Gasteiger partial charge in [0.1, 0.15) is 0 Å². The molecule has 0 aromatic heterocycles. The highest BCUT2D eigenvalue weighted by Gasteiger charge is 2.33. The van der Waals surface area contributed by atoms with Crippen molar-refractivity contribution in [2.24, 2.45) is 11.8 Å². The van der Waals surface area contributed by atoms with Crippen LogP contribution in [0, 0.1) is 11.8 Å². The van der Waals surface area contributed by atoms with Gasteiger partial charge in [-0.3, -0.25) is 4.79 Å². The van der Waals surface area contributed by atoms with Crippen molar-refractivity contribution in [3.63, 3.8) is 0 Å². The van der Waals surface area contributed by atoms with Gasteiger partial charge in [0.05, 0.1) is 5.92 Å². The fourth-order valence-electron chi connectivity index (χ4n) is 3.10. The smallest absolute Gasteiger partial charge is 0.310 e. The Balaban J connectivity index is 2.10. The average molecular weight is 208 g/mol. The molecule has 1 N–H and O–H groups in total. The molecule has 0 saturated heterocycles. The van der Waals surface area contributed by atoms with Gasteiger partial charge in [0, 0.05) is 0 Å². The van der Waals surface area contributed by atoms with Crippen molar-refractivity contribution in [3.05, 3.63) is 11.6 Å². The molecule has 84 valence electrons. The van der Waals surface area contributed by atoms with Crippen molar-refractivity contribution in [1.82, 2.24) is 0 Å². The maximum Gasteiger partial charge on any atom is 0.310 e. The van der Waals surface area contributed by atoms with Crippen LogP contribution in [0.3, 0.4) is 0 Å². The van der Waals surface area contributed by atoms with Crippen molar-refractivity contribution in [2.45, 2.75) is 51.4 Å². The van der Waals surface area contributed by atoms with Crippen LogP contribution < -0.4 is 0 Å². The van der Waals surface area contributed by atoms with Crippen molar-refractivity contribution in [2.75, 3.05) is 0 Å². The van der Waals surface area contributed by atoms with Gasteiger partial charge in [-0.05, 0) is 44.4 Å². The lowest BCUT2D eigenvalue weighted by Crippen LogP contribution is -2.24. The Morgan fingerprint density at radius 1 is 1.27 bits per heavy atom. The van der Waals surface area contributed by atoms with Crippen molar-refractivity contribution >= 4 is 5.97 Å². The third-order valence-electron chi connectivity index (χ3n) is 3.86. The summed E-state index contributed by atoms with van der Waals surface area (Å²) in [6, 6.07) is 0. The van der Waals surface area contributed by atoms with E-state index in [2.05, 4.69) is 6.08 Å². The molecule has 1 saturated carbocycles. The number of carboxylic acid groups (broad SMARTS) is 1. The zero-order valence-corrected chi connectivity index (χ0v) is 9.24. The van der Waals surface area contributed by atoms with E-state index in [9.17, 15) is 9.90 Å². The molecule has 2 aliphatic rings. The molecule has 1 atom stereocenters. The van der Waals surface area contributed by atoms with Crippen LogP contribution in [0.1, 0.15) is 51.4 Å². The summed E-state index contributed by atoms with van der Waals surface area (Å²) in [4.78, 5) is 11.3. The normalized spacial score (nSPS) is 24.9. The number of rotatable bonds is 3. The van der Waals surface area contributed by atoms with Crippen molar-refractivity contribution in [1.29, 1.82) is 0 Å². The van der Waals surface area contributed by atoms with Gasteiger partial charge in [-0.1, -0.05) is 24.5 Å². The molecule has 0 heterocycles. The van der Waals surface area contributed by atoms with Crippen LogP contribution in [-0.2, 0) is 4.79 Å². The first kappa shape index (κ1) is 10.7. The lowest BCUT2D eigenvalue weighted by Gasteiger charge is -2.24. The number of carboxylic acids is 1. The maximum atomic E-state index is 11.3. The van der Waals surface area contributed by atoms with E-state index in [4.69, 9.17) is 0 Å². The van der Waals surface area contributed by atoms with E-state index >= 15 is 0 Å². The molecule has 15 heavy (non-hydrogen) atoms. The van der Waals surface area contributed by atoms with E-state index in [1.165, 1.54) is 31.3 Å². The van der Waals surface area contributed by atoms with Crippen LogP contribution >= 0.6 is 0 Å². The van der Waals surface area contributed by atoms with E-state index in [1.807, 2.05) is 0 Å². The topological polar surface area (TPSA) is 37.3 Å². The third kappa shape index (κ3) is 2.42. The number of allylic oxidation sites excluding steroid dienone is 1. The molecule has 0 spiro atoms. The van der Waals surface area contributed by atoms with Crippen LogP contribution in [-0.4, -0.2) is 11.1 Å². The second-order valence-corrected chi connectivity index (χ2v) is 4.89. The lowest BCUT2D eigenvalue weighted by molar-refractivity contribution is -0.142. The van der Waals surface area contributed by atoms with E-state index in [0.717, 1.165) is 25.7 Å². The highest BCUT2D eigenvalue weighted by Crippen LogP contribution is 2.38. The molecular formula is C13H20O2. The Labute approximate surface area is 91.4 Å². The molecule has 2 aliphatic carbocycles. The highest BCUT2D eigenvalue weighted by atomic mass is 16.4. The van der Waals surface area contributed by atoms with Crippen molar-refractivity contribution < 1.29 is 9.90 Å². The largest absolute Gasteiger partial charge is 0.481 e. The minimum absolute atomic E-state index is 0.159. The molecule has 0 aromatic carbocycles. The summed E-state index contributed by atoms with van der Waals surface area (Å²) in [7, 11) is 0. The Bertz CT molecular complexity index is 262. The molecule has 0 bridgehead atoms. The minimum atomic E-state index is -0.588. The first-order valence-electron chi connectivity index (χ1n) is 6.21. The molecule has 2 rings (SSSR count). The Kier molecular flexibility index (Phi) is 3.45. The van der Waals surface area contributed by atoms with Gasteiger partial charge in [-0.15, -0.1) is 0 Å². The highest BCUT2D eigenvalue weighted by molar-refractivity contribution is 5.74. The van der Waals surface area contributed by atoms with Gasteiger partial charge < -0.3 is 5.11 Å². The number of hydrogen-bond donors (Lipinski definition) is 1.